The minimum atomic E-state index is -0.841. The van der Waals surface area contributed by atoms with E-state index in [4.69, 9.17) is 13.9 Å². The SMILES string of the molecule is COc1ccc(OC)c(NC(=O)C(=O)NCCC(O)c2cc(C)oc2C)c1. The highest BCUT2D eigenvalue weighted by Crippen LogP contribution is 2.28. The minimum Gasteiger partial charge on any atom is -0.497 e. The molecule has 0 radical (unpaired) electrons. The van der Waals surface area contributed by atoms with Gasteiger partial charge in [0.25, 0.3) is 0 Å². The van der Waals surface area contributed by atoms with Crippen LogP contribution in [0.25, 0.3) is 0 Å². The topological polar surface area (TPSA) is 110 Å². The van der Waals surface area contributed by atoms with Gasteiger partial charge in [-0.15, -0.1) is 0 Å². The van der Waals surface area contributed by atoms with Gasteiger partial charge in [-0.05, 0) is 38.5 Å². The van der Waals surface area contributed by atoms with Crippen molar-refractivity contribution in [3.05, 3.63) is 41.3 Å². The number of rotatable bonds is 7. The average Bonchev–Trinajstić information content (AvgIpc) is 2.99. The summed E-state index contributed by atoms with van der Waals surface area (Å²) in [6.45, 7) is 3.69. The summed E-state index contributed by atoms with van der Waals surface area (Å²) in [6, 6.07) is 6.61. The summed E-state index contributed by atoms with van der Waals surface area (Å²) in [5, 5.41) is 15.2. The van der Waals surface area contributed by atoms with Crippen LogP contribution in [-0.4, -0.2) is 37.7 Å². The molecule has 0 saturated carbocycles. The minimum absolute atomic E-state index is 0.131. The zero-order valence-corrected chi connectivity index (χ0v) is 15.8. The fraction of sp³-hybridized carbons (Fsp3) is 0.368. The van der Waals surface area contributed by atoms with Crippen molar-refractivity contribution >= 4 is 17.5 Å². The standard InChI is InChI=1S/C19H24N2O6/c1-11-9-14(12(2)27-11)16(22)7-8-20-18(23)19(24)21-15-10-13(25-3)5-6-17(15)26-4/h5-6,9-10,16,22H,7-8H2,1-4H3,(H,20,23)(H,21,24). The molecule has 1 aromatic carbocycles. The summed E-state index contributed by atoms with van der Waals surface area (Å²) >= 11 is 0. The van der Waals surface area contributed by atoms with Crippen LogP contribution >= 0.6 is 0 Å². The summed E-state index contributed by atoms with van der Waals surface area (Å²) in [5.74, 6) is 0.600. The molecule has 0 fully saturated rings. The van der Waals surface area contributed by atoms with Gasteiger partial charge in [0.2, 0.25) is 0 Å². The van der Waals surface area contributed by atoms with Crippen molar-refractivity contribution in [3.8, 4) is 11.5 Å². The van der Waals surface area contributed by atoms with Gasteiger partial charge >= 0.3 is 11.8 Å². The van der Waals surface area contributed by atoms with E-state index in [0.717, 1.165) is 0 Å². The van der Waals surface area contributed by atoms with Gasteiger partial charge in [0.1, 0.15) is 23.0 Å². The molecule has 1 atom stereocenters. The van der Waals surface area contributed by atoms with Crippen molar-refractivity contribution in [2.24, 2.45) is 0 Å². The number of aliphatic hydroxyl groups excluding tert-OH is 1. The number of methoxy groups -OCH3 is 2. The van der Waals surface area contributed by atoms with Crippen LogP contribution in [0.4, 0.5) is 5.69 Å². The summed E-state index contributed by atoms with van der Waals surface area (Å²) in [5.41, 5.74) is 0.994. The summed E-state index contributed by atoms with van der Waals surface area (Å²) in [4.78, 5) is 24.1. The number of hydrogen-bond acceptors (Lipinski definition) is 6. The molecule has 1 aromatic heterocycles. The first-order valence-corrected chi connectivity index (χ1v) is 8.42. The van der Waals surface area contributed by atoms with Gasteiger partial charge in [0.15, 0.2) is 0 Å². The van der Waals surface area contributed by atoms with Crippen molar-refractivity contribution in [1.29, 1.82) is 0 Å². The molecule has 0 aliphatic heterocycles. The fourth-order valence-electron chi connectivity index (χ4n) is 2.63. The number of ether oxygens (including phenoxy) is 2. The number of carbonyl (C=O) groups excluding carboxylic acids is 2. The van der Waals surface area contributed by atoms with E-state index in [1.54, 1.807) is 38.1 Å². The molecule has 27 heavy (non-hydrogen) atoms. The van der Waals surface area contributed by atoms with Gasteiger partial charge in [0.05, 0.1) is 26.0 Å². The molecular formula is C19H24N2O6. The highest BCUT2D eigenvalue weighted by Gasteiger charge is 2.18. The van der Waals surface area contributed by atoms with Crippen molar-refractivity contribution in [1.82, 2.24) is 5.32 Å². The Morgan fingerprint density at radius 1 is 1.15 bits per heavy atom. The van der Waals surface area contributed by atoms with Crippen LogP contribution in [0.5, 0.6) is 11.5 Å². The van der Waals surface area contributed by atoms with E-state index in [0.29, 0.717) is 34.3 Å². The third kappa shape index (κ3) is 5.24. The Balaban J connectivity index is 1.89. The maximum absolute atomic E-state index is 12.1. The Labute approximate surface area is 157 Å². The van der Waals surface area contributed by atoms with Gasteiger partial charge < -0.3 is 29.6 Å². The van der Waals surface area contributed by atoms with Crippen molar-refractivity contribution in [3.63, 3.8) is 0 Å². The summed E-state index contributed by atoms with van der Waals surface area (Å²) < 4.78 is 15.6. The fourth-order valence-corrected chi connectivity index (χ4v) is 2.63. The molecule has 0 saturated heterocycles. The lowest BCUT2D eigenvalue weighted by atomic mass is 10.1. The maximum Gasteiger partial charge on any atom is 0.313 e. The lowest BCUT2D eigenvalue weighted by Gasteiger charge is -2.12. The van der Waals surface area contributed by atoms with Gasteiger partial charge in [-0.1, -0.05) is 0 Å². The number of furan rings is 1. The predicted octanol–water partition coefficient (Wildman–Crippen LogP) is 2.09. The zero-order valence-electron chi connectivity index (χ0n) is 15.8. The first-order chi connectivity index (χ1) is 12.8. The number of carbonyl (C=O) groups is 2. The Kier molecular flexibility index (Phi) is 6.84. The van der Waals surface area contributed by atoms with Gasteiger partial charge in [-0.25, -0.2) is 0 Å². The van der Waals surface area contributed by atoms with E-state index in [-0.39, 0.29) is 13.0 Å². The molecule has 0 aliphatic carbocycles. The lowest BCUT2D eigenvalue weighted by molar-refractivity contribution is -0.136. The van der Waals surface area contributed by atoms with Crippen LogP contribution in [0.1, 0.15) is 29.6 Å². The van der Waals surface area contributed by atoms with E-state index in [9.17, 15) is 14.7 Å². The molecule has 1 unspecified atom stereocenters. The molecule has 2 rings (SSSR count). The third-order valence-corrected chi connectivity index (χ3v) is 4.00. The number of benzene rings is 1. The Morgan fingerprint density at radius 3 is 2.48 bits per heavy atom. The molecule has 146 valence electrons. The number of aliphatic hydroxyl groups is 1. The third-order valence-electron chi connectivity index (χ3n) is 4.00. The average molecular weight is 376 g/mol. The molecule has 8 nitrogen and oxygen atoms in total. The first kappa shape index (κ1) is 20.3. The Hall–Kier alpha value is -3.00. The highest BCUT2D eigenvalue weighted by atomic mass is 16.5. The first-order valence-electron chi connectivity index (χ1n) is 8.42. The molecule has 2 aromatic rings. The number of hydrogen-bond donors (Lipinski definition) is 3. The molecule has 0 spiro atoms. The van der Waals surface area contributed by atoms with Crippen LogP contribution in [0.15, 0.2) is 28.7 Å². The van der Waals surface area contributed by atoms with Gasteiger partial charge in [-0.3, -0.25) is 9.59 Å². The number of anilines is 1. The Morgan fingerprint density at radius 2 is 1.89 bits per heavy atom. The van der Waals surface area contributed by atoms with Crippen molar-refractivity contribution in [2.75, 3.05) is 26.1 Å². The molecule has 3 N–H and O–H groups in total. The highest BCUT2D eigenvalue weighted by molar-refractivity contribution is 6.39. The van der Waals surface area contributed by atoms with Crippen LogP contribution < -0.4 is 20.1 Å². The van der Waals surface area contributed by atoms with Crippen molar-refractivity contribution < 1.29 is 28.6 Å². The van der Waals surface area contributed by atoms with E-state index < -0.39 is 17.9 Å². The number of aryl methyl sites for hydroxylation is 2. The quantitative estimate of drug-likeness (QED) is 0.638. The lowest BCUT2D eigenvalue weighted by Crippen LogP contribution is -2.36. The summed E-state index contributed by atoms with van der Waals surface area (Å²) in [6.07, 6.45) is -0.536. The largest absolute Gasteiger partial charge is 0.497 e. The molecular weight excluding hydrogens is 352 g/mol. The van der Waals surface area contributed by atoms with E-state index >= 15 is 0 Å². The second kappa shape index (κ2) is 9.09. The van der Waals surface area contributed by atoms with Gasteiger partial charge in [0, 0.05) is 18.2 Å². The second-order valence-corrected chi connectivity index (χ2v) is 5.95. The smallest absolute Gasteiger partial charge is 0.313 e. The van der Waals surface area contributed by atoms with Crippen LogP contribution in [0.2, 0.25) is 0 Å². The van der Waals surface area contributed by atoms with Gasteiger partial charge in [-0.2, -0.15) is 0 Å². The van der Waals surface area contributed by atoms with E-state index in [1.165, 1.54) is 14.2 Å². The maximum atomic E-state index is 12.1. The van der Waals surface area contributed by atoms with E-state index in [2.05, 4.69) is 10.6 Å². The van der Waals surface area contributed by atoms with E-state index in [1.807, 2.05) is 0 Å². The molecule has 1 heterocycles. The monoisotopic (exact) mass is 376 g/mol. The normalized spacial score (nSPS) is 11.6. The van der Waals surface area contributed by atoms with Crippen LogP contribution in [0.3, 0.4) is 0 Å². The molecule has 0 bridgehead atoms. The zero-order chi connectivity index (χ0) is 20.0. The van der Waals surface area contributed by atoms with Crippen LogP contribution in [-0.2, 0) is 9.59 Å². The second-order valence-electron chi connectivity index (χ2n) is 5.95. The number of amides is 2. The Bertz CT molecular complexity index is 815. The molecule has 0 aliphatic rings. The predicted molar refractivity (Wildman–Crippen MR) is 98.9 cm³/mol. The number of nitrogens with one attached hydrogen (secondary N) is 2. The summed E-state index contributed by atoms with van der Waals surface area (Å²) in [7, 11) is 2.95. The molecule has 8 heteroatoms. The van der Waals surface area contributed by atoms with Crippen molar-refractivity contribution in [2.45, 2.75) is 26.4 Å². The van der Waals surface area contributed by atoms with Crippen LogP contribution in [0, 0.1) is 13.8 Å². The molecule has 2 amide bonds.